The lowest BCUT2D eigenvalue weighted by molar-refractivity contribution is -0.136. The highest BCUT2D eigenvalue weighted by Gasteiger charge is 2.22. The van der Waals surface area contributed by atoms with Crippen molar-refractivity contribution in [2.75, 3.05) is 11.3 Å². The van der Waals surface area contributed by atoms with Gasteiger partial charge in [-0.3, -0.25) is 19.3 Å². The number of hydrogen-bond donors (Lipinski definition) is 3. The van der Waals surface area contributed by atoms with E-state index in [0.29, 0.717) is 12.2 Å². The molecule has 36 heavy (non-hydrogen) atoms. The number of aliphatic carboxylic acids is 1. The van der Waals surface area contributed by atoms with Crippen molar-refractivity contribution in [2.24, 2.45) is 0 Å². The molecule has 190 valence electrons. The maximum absolute atomic E-state index is 13.1. The molecule has 0 aliphatic heterocycles. The monoisotopic (exact) mass is 551 g/mol. The van der Waals surface area contributed by atoms with E-state index < -0.39 is 16.0 Å². The van der Waals surface area contributed by atoms with Crippen LogP contribution in [-0.4, -0.2) is 36.9 Å². The van der Waals surface area contributed by atoms with Gasteiger partial charge < -0.3 is 15.2 Å². The van der Waals surface area contributed by atoms with Gasteiger partial charge in [0.15, 0.2) is 5.75 Å². The van der Waals surface area contributed by atoms with Crippen LogP contribution in [0, 0.1) is 0 Å². The van der Waals surface area contributed by atoms with Crippen LogP contribution in [0.5, 0.6) is 11.5 Å². The Kier molecular flexibility index (Phi) is 9.14. The molecule has 0 bridgehead atoms. The number of carboxylic acids is 1. The van der Waals surface area contributed by atoms with E-state index in [4.69, 9.17) is 33.0 Å². The number of carbonyl (C=O) groups excluding carboxylic acids is 1. The van der Waals surface area contributed by atoms with Crippen molar-refractivity contribution in [1.82, 2.24) is 10.3 Å². The van der Waals surface area contributed by atoms with Crippen molar-refractivity contribution in [1.29, 1.82) is 0 Å². The first-order chi connectivity index (χ1) is 17.1. The van der Waals surface area contributed by atoms with Gasteiger partial charge >= 0.3 is 5.97 Å². The Balaban J connectivity index is 1.95. The van der Waals surface area contributed by atoms with Crippen molar-refractivity contribution in [3.8, 4) is 11.5 Å². The zero-order chi connectivity index (χ0) is 26.3. The van der Waals surface area contributed by atoms with E-state index in [2.05, 4.69) is 15.0 Å². The summed E-state index contributed by atoms with van der Waals surface area (Å²) in [6.07, 6.45) is 2.76. The number of nitrogens with zero attached hydrogens (tertiary/aromatic N) is 1. The van der Waals surface area contributed by atoms with Crippen LogP contribution < -0.4 is 14.8 Å². The highest BCUT2D eigenvalue weighted by Crippen LogP contribution is 2.34. The normalized spacial score (nSPS) is 11.1. The molecule has 0 atom stereocenters. The van der Waals surface area contributed by atoms with Crippen LogP contribution in [0.15, 0.2) is 59.6 Å². The fraction of sp³-hybridized carbons (Fsp3) is 0.208. The van der Waals surface area contributed by atoms with Crippen LogP contribution in [0.3, 0.4) is 0 Å². The zero-order valence-corrected chi connectivity index (χ0v) is 21.5. The lowest BCUT2D eigenvalue weighted by Crippen LogP contribution is -2.24. The number of sulfonamides is 1. The van der Waals surface area contributed by atoms with Crippen molar-refractivity contribution < 1.29 is 27.9 Å². The second-order valence-electron chi connectivity index (χ2n) is 7.66. The third-order valence-electron chi connectivity index (χ3n) is 4.84. The van der Waals surface area contributed by atoms with Gasteiger partial charge in [-0.15, -0.1) is 0 Å². The molecule has 0 fully saturated rings. The van der Waals surface area contributed by atoms with Crippen molar-refractivity contribution in [2.45, 2.75) is 31.1 Å². The molecule has 0 saturated carbocycles. The molecule has 0 spiro atoms. The summed E-state index contributed by atoms with van der Waals surface area (Å²) < 4.78 is 34.5. The highest BCUT2D eigenvalue weighted by molar-refractivity contribution is 7.92. The topological polar surface area (TPSA) is 135 Å². The molecule has 3 rings (SSSR count). The van der Waals surface area contributed by atoms with Crippen molar-refractivity contribution in [3.05, 3.63) is 76.0 Å². The highest BCUT2D eigenvalue weighted by atomic mass is 35.5. The van der Waals surface area contributed by atoms with E-state index in [1.807, 2.05) is 6.92 Å². The standard InChI is InChI=1S/C24H23Cl2N3O6S/c1-2-3-10-27-24(32)15-4-8-21(35-18-7-6-17(28-14-18)13-23(30)31)20(11-15)29-36(33,34)22-9-5-16(25)12-19(22)26/h4-9,11-12,14,29H,2-3,10,13H2,1H3,(H,27,32)(H,30,31). The van der Waals surface area contributed by atoms with Gasteiger partial charge in [0.25, 0.3) is 15.9 Å². The molecule has 3 N–H and O–H groups in total. The van der Waals surface area contributed by atoms with Crippen LogP contribution >= 0.6 is 23.2 Å². The Labute approximate surface area is 218 Å². The first kappa shape index (κ1) is 27.3. The number of rotatable bonds is 11. The molecule has 0 radical (unpaired) electrons. The number of unbranched alkanes of at least 4 members (excludes halogenated alkanes) is 1. The largest absolute Gasteiger partial charge is 0.481 e. The van der Waals surface area contributed by atoms with Crippen molar-refractivity contribution in [3.63, 3.8) is 0 Å². The Morgan fingerprint density at radius 1 is 1.08 bits per heavy atom. The Hall–Kier alpha value is -3.34. The maximum Gasteiger partial charge on any atom is 0.309 e. The van der Waals surface area contributed by atoms with Crippen LogP contribution in [0.2, 0.25) is 10.0 Å². The minimum Gasteiger partial charge on any atom is -0.481 e. The number of carbonyl (C=O) groups is 2. The molecular formula is C24H23Cl2N3O6S. The molecule has 0 saturated heterocycles. The molecule has 1 aromatic heterocycles. The SMILES string of the molecule is CCCCNC(=O)c1ccc(Oc2ccc(CC(=O)O)nc2)c(NS(=O)(=O)c2ccc(Cl)cc2Cl)c1. The number of nitrogens with one attached hydrogen (secondary N) is 2. The fourth-order valence-corrected chi connectivity index (χ4v) is 4.91. The molecule has 0 aliphatic carbocycles. The number of benzene rings is 2. The van der Waals surface area contributed by atoms with Crippen LogP contribution in [0.1, 0.15) is 35.8 Å². The van der Waals surface area contributed by atoms with Crippen molar-refractivity contribution >= 4 is 50.8 Å². The van der Waals surface area contributed by atoms with E-state index in [1.165, 1.54) is 54.7 Å². The first-order valence-corrected chi connectivity index (χ1v) is 13.1. The number of ether oxygens (including phenoxy) is 1. The van der Waals surface area contributed by atoms with E-state index >= 15 is 0 Å². The van der Waals surface area contributed by atoms with Gasteiger partial charge in [0.1, 0.15) is 10.6 Å². The van der Waals surface area contributed by atoms with Gasteiger partial charge in [-0.2, -0.15) is 0 Å². The predicted octanol–water partition coefficient (Wildman–Crippen LogP) is 5.14. The van der Waals surface area contributed by atoms with Gasteiger partial charge in [0, 0.05) is 17.1 Å². The van der Waals surface area contributed by atoms with Crippen LogP contribution in [0.25, 0.3) is 0 Å². The number of aromatic nitrogens is 1. The maximum atomic E-state index is 13.1. The number of halogens is 2. The second kappa shape index (κ2) is 12.1. The summed E-state index contributed by atoms with van der Waals surface area (Å²) >= 11 is 12.0. The third-order valence-corrected chi connectivity index (χ3v) is 6.93. The molecule has 12 heteroatoms. The Bertz CT molecular complexity index is 1360. The summed E-state index contributed by atoms with van der Waals surface area (Å²) in [4.78, 5) is 27.3. The summed E-state index contributed by atoms with van der Waals surface area (Å²) in [5, 5.41) is 11.9. The Morgan fingerprint density at radius 3 is 2.50 bits per heavy atom. The number of hydrogen-bond acceptors (Lipinski definition) is 6. The summed E-state index contributed by atoms with van der Waals surface area (Å²) in [6.45, 7) is 2.47. The molecule has 2 aromatic carbocycles. The lowest BCUT2D eigenvalue weighted by atomic mass is 10.1. The first-order valence-electron chi connectivity index (χ1n) is 10.8. The van der Waals surface area contributed by atoms with E-state index in [0.717, 1.165) is 12.8 Å². The molecule has 1 amide bonds. The predicted molar refractivity (Wildman–Crippen MR) is 137 cm³/mol. The molecule has 3 aromatic rings. The number of amides is 1. The number of pyridine rings is 1. The van der Waals surface area contributed by atoms with Gasteiger partial charge in [-0.05, 0) is 55.0 Å². The fourth-order valence-electron chi connectivity index (χ4n) is 3.07. The quantitative estimate of drug-likeness (QED) is 0.281. The number of anilines is 1. The molecule has 1 heterocycles. The summed E-state index contributed by atoms with van der Waals surface area (Å²) in [5.41, 5.74) is 0.527. The van der Waals surface area contributed by atoms with Gasteiger partial charge in [-0.1, -0.05) is 36.5 Å². The average molecular weight is 552 g/mol. The molecular weight excluding hydrogens is 529 g/mol. The van der Waals surface area contributed by atoms with E-state index in [1.54, 1.807) is 0 Å². The lowest BCUT2D eigenvalue weighted by Gasteiger charge is -2.16. The zero-order valence-electron chi connectivity index (χ0n) is 19.1. The molecule has 0 unspecified atom stereocenters. The Morgan fingerprint density at radius 2 is 1.86 bits per heavy atom. The summed E-state index contributed by atoms with van der Waals surface area (Å²) in [6, 6.07) is 11.2. The molecule has 0 aliphatic rings. The second-order valence-corrected chi connectivity index (χ2v) is 10.2. The van der Waals surface area contributed by atoms with Gasteiger partial charge in [-0.25, -0.2) is 8.42 Å². The minimum absolute atomic E-state index is 0.0150. The third kappa shape index (κ3) is 7.33. The summed E-state index contributed by atoms with van der Waals surface area (Å²) in [7, 11) is -4.19. The van der Waals surface area contributed by atoms with Crippen LogP contribution in [-0.2, 0) is 21.2 Å². The smallest absolute Gasteiger partial charge is 0.309 e. The average Bonchev–Trinajstić information content (AvgIpc) is 2.80. The summed E-state index contributed by atoms with van der Waals surface area (Å²) in [5.74, 6) is -1.09. The van der Waals surface area contributed by atoms with Crippen LogP contribution in [0.4, 0.5) is 5.69 Å². The van der Waals surface area contributed by atoms with Gasteiger partial charge in [0.2, 0.25) is 0 Å². The minimum atomic E-state index is -4.19. The molecule has 9 nitrogen and oxygen atoms in total. The van der Waals surface area contributed by atoms with E-state index in [9.17, 15) is 18.0 Å². The van der Waals surface area contributed by atoms with E-state index in [-0.39, 0.29) is 50.0 Å². The van der Waals surface area contributed by atoms with Gasteiger partial charge in [0.05, 0.1) is 29.0 Å². The number of carboxylic acid groups (broad SMARTS) is 1.